The van der Waals surface area contributed by atoms with Crippen LogP contribution in [-0.4, -0.2) is 56.7 Å². The summed E-state index contributed by atoms with van der Waals surface area (Å²) in [6.45, 7) is 3.87. The van der Waals surface area contributed by atoms with Crippen LogP contribution in [0, 0.1) is 6.92 Å². The van der Waals surface area contributed by atoms with Crippen LogP contribution >= 0.6 is 0 Å². The second-order valence-corrected chi connectivity index (χ2v) is 7.02. The molecule has 0 aromatic carbocycles. The number of carbonyl (C=O) groups is 1. The van der Waals surface area contributed by atoms with Crippen LogP contribution in [-0.2, 0) is 11.3 Å². The van der Waals surface area contributed by atoms with Crippen molar-refractivity contribution in [2.24, 2.45) is 0 Å². The van der Waals surface area contributed by atoms with Gasteiger partial charge in [0.1, 0.15) is 0 Å². The zero-order chi connectivity index (χ0) is 19.7. The van der Waals surface area contributed by atoms with Crippen LogP contribution in [0.15, 0.2) is 41.5 Å². The molecule has 0 bridgehead atoms. The van der Waals surface area contributed by atoms with E-state index in [0.29, 0.717) is 37.5 Å². The number of aromatic nitrogens is 4. The smallest absolute Gasteiger partial charge is 0.330 e. The van der Waals surface area contributed by atoms with Crippen molar-refractivity contribution < 1.29 is 9.53 Å². The van der Waals surface area contributed by atoms with E-state index in [1.54, 1.807) is 45.7 Å². The van der Waals surface area contributed by atoms with Gasteiger partial charge in [-0.2, -0.15) is 0 Å². The number of ether oxygens (including phenoxy) is 1. The lowest BCUT2D eigenvalue weighted by Crippen LogP contribution is -2.32. The van der Waals surface area contributed by atoms with Gasteiger partial charge in [0.15, 0.2) is 5.65 Å². The Morgan fingerprint density at radius 1 is 1.29 bits per heavy atom. The number of nitrogens with zero attached hydrogens (tertiary/aromatic N) is 5. The minimum absolute atomic E-state index is 0.0304. The fourth-order valence-electron chi connectivity index (χ4n) is 3.83. The summed E-state index contributed by atoms with van der Waals surface area (Å²) < 4.78 is 8.57. The molecule has 1 amide bonds. The summed E-state index contributed by atoms with van der Waals surface area (Å²) >= 11 is 0. The molecule has 1 unspecified atom stereocenters. The molecule has 28 heavy (non-hydrogen) atoms. The maximum atomic E-state index is 13.1. The topological polar surface area (TPSA) is 82.2 Å². The van der Waals surface area contributed by atoms with E-state index in [1.807, 2.05) is 19.1 Å². The zero-order valence-electron chi connectivity index (χ0n) is 16.0. The molecule has 8 heteroatoms. The summed E-state index contributed by atoms with van der Waals surface area (Å²) in [5.74, 6) is -0.0304. The van der Waals surface area contributed by atoms with Gasteiger partial charge in [-0.05, 0) is 37.6 Å². The summed E-state index contributed by atoms with van der Waals surface area (Å²) in [4.78, 5) is 36.3. The molecule has 1 atom stereocenters. The van der Waals surface area contributed by atoms with Gasteiger partial charge in [-0.1, -0.05) is 0 Å². The van der Waals surface area contributed by atoms with E-state index in [-0.39, 0.29) is 17.6 Å². The predicted molar refractivity (Wildman–Crippen MR) is 104 cm³/mol. The number of amides is 1. The molecule has 1 aliphatic rings. The molecule has 146 valence electrons. The highest BCUT2D eigenvalue weighted by molar-refractivity contribution is 5.94. The van der Waals surface area contributed by atoms with Crippen LogP contribution in [0.1, 0.15) is 28.5 Å². The number of hydrogen-bond acceptors (Lipinski definition) is 5. The zero-order valence-corrected chi connectivity index (χ0v) is 16.0. The Morgan fingerprint density at radius 3 is 2.93 bits per heavy atom. The molecule has 3 aromatic rings. The molecule has 4 rings (SSSR count). The molecule has 4 heterocycles. The Bertz CT molecular complexity index is 1070. The Hall–Kier alpha value is -3.00. The van der Waals surface area contributed by atoms with Crippen molar-refractivity contribution in [3.63, 3.8) is 0 Å². The molecule has 0 aliphatic carbocycles. The molecule has 1 aliphatic heterocycles. The molecule has 8 nitrogen and oxygen atoms in total. The highest BCUT2D eigenvalue weighted by Crippen LogP contribution is 2.25. The first kappa shape index (κ1) is 18.4. The normalized spacial score (nSPS) is 16.8. The molecule has 0 radical (unpaired) electrons. The SMILES string of the molecule is COCCn1c(=O)n(C2CCN(C(=O)c3ccnc(C)c3)C2)c2ncccc21. The Kier molecular flexibility index (Phi) is 4.95. The first-order valence-corrected chi connectivity index (χ1v) is 9.36. The van der Waals surface area contributed by atoms with Crippen LogP contribution in [0.2, 0.25) is 0 Å². The summed E-state index contributed by atoms with van der Waals surface area (Å²) in [6.07, 6.45) is 4.06. The molecular formula is C20H23N5O3. The number of carbonyl (C=O) groups excluding carboxylic acids is 1. The van der Waals surface area contributed by atoms with Crippen molar-refractivity contribution in [3.05, 3.63) is 58.4 Å². The van der Waals surface area contributed by atoms with E-state index in [9.17, 15) is 9.59 Å². The quantitative estimate of drug-likeness (QED) is 0.671. The van der Waals surface area contributed by atoms with Crippen LogP contribution in [0.3, 0.4) is 0 Å². The first-order chi connectivity index (χ1) is 13.6. The molecule has 3 aromatic heterocycles. The van der Waals surface area contributed by atoms with Crippen molar-refractivity contribution >= 4 is 17.1 Å². The second kappa shape index (κ2) is 7.55. The molecule has 0 saturated carbocycles. The summed E-state index contributed by atoms with van der Waals surface area (Å²) in [7, 11) is 1.61. The van der Waals surface area contributed by atoms with Crippen LogP contribution in [0.5, 0.6) is 0 Å². The first-order valence-electron chi connectivity index (χ1n) is 9.36. The molecule has 1 fully saturated rings. The van der Waals surface area contributed by atoms with E-state index < -0.39 is 0 Å². The van der Waals surface area contributed by atoms with Gasteiger partial charge in [-0.15, -0.1) is 0 Å². The summed E-state index contributed by atoms with van der Waals surface area (Å²) in [5.41, 5.74) is 2.77. The third-order valence-corrected chi connectivity index (χ3v) is 5.20. The summed E-state index contributed by atoms with van der Waals surface area (Å²) in [6, 6.07) is 7.15. The van der Waals surface area contributed by atoms with Crippen molar-refractivity contribution in [2.45, 2.75) is 25.9 Å². The highest BCUT2D eigenvalue weighted by Gasteiger charge is 2.31. The van der Waals surface area contributed by atoms with E-state index in [1.165, 1.54) is 0 Å². The van der Waals surface area contributed by atoms with Gasteiger partial charge in [0.2, 0.25) is 0 Å². The van der Waals surface area contributed by atoms with Gasteiger partial charge in [0.05, 0.1) is 24.7 Å². The van der Waals surface area contributed by atoms with E-state index in [0.717, 1.165) is 17.6 Å². The fourth-order valence-corrected chi connectivity index (χ4v) is 3.83. The lowest BCUT2D eigenvalue weighted by atomic mass is 10.2. The largest absolute Gasteiger partial charge is 0.383 e. The third-order valence-electron chi connectivity index (χ3n) is 5.20. The van der Waals surface area contributed by atoms with Crippen molar-refractivity contribution in [3.8, 4) is 0 Å². The van der Waals surface area contributed by atoms with Crippen LogP contribution in [0.4, 0.5) is 0 Å². The van der Waals surface area contributed by atoms with E-state index in [2.05, 4.69) is 9.97 Å². The van der Waals surface area contributed by atoms with Gasteiger partial charge in [-0.25, -0.2) is 9.78 Å². The van der Waals surface area contributed by atoms with E-state index >= 15 is 0 Å². The lowest BCUT2D eigenvalue weighted by Gasteiger charge is -2.17. The minimum atomic E-state index is -0.107. The third kappa shape index (κ3) is 3.20. The molecule has 1 saturated heterocycles. The highest BCUT2D eigenvalue weighted by atomic mass is 16.5. The average molecular weight is 381 g/mol. The molecule has 0 spiro atoms. The van der Waals surface area contributed by atoms with Gasteiger partial charge in [0.25, 0.3) is 5.91 Å². The van der Waals surface area contributed by atoms with Crippen LogP contribution < -0.4 is 5.69 Å². The number of pyridine rings is 2. The summed E-state index contributed by atoms with van der Waals surface area (Å²) in [5, 5.41) is 0. The maximum absolute atomic E-state index is 13.1. The standard InChI is InChI=1S/C20H23N5O3/c1-14-12-15(5-8-21-14)19(26)23-9-6-16(13-23)25-18-17(4-3-7-22-18)24(20(25)27)10-11-28-2/h3-5,7-8,12,16H,6,9-11,13H2,1-2H3. The number of methoxy groups -OCH3 is 1. The lowest BCUT2D eigenvalue weighted by molar-refractivity contribution is 0.0787. The fraction of sp³-hybridized carbons (Fsp3) is 0.400. The monoisotopic (exact) mass is 381 g/mol. The number of rotatable bonds is 5. The average Bonchev–Trinajstić information content (AvgIpc) is 3.28. The Balaban J connectivity index is 1.64. The van der Waals surface area contributed by atoms with Crippen LogP contribution in [0.25, 0.3) is 11.2 Å². The predicted octanol–water partition coefficient (Wildman–Crippen LogP) is 1.64. The van der Waals surface area contributed by atoms with Gasteiger partial charge in [0, 0.05) is 43.9 Å². The molecule has 0 N–H and O–H groups in total. The Morgan fingerprint density at radius 2 is 2.14 bits per heavy atom. The number of likely N-dealkylation sites (tertiary alicyclic amines) is 1. The Labute approximate surface area is 162 Å². The van der Waals surface area contributed by atoms with Crippen molar-refractivity contribution in [1.82, 2.24) is 24.0 Å². The molecular weight excluding hydrogens is 358 g/mol. The van der Waals surface area contributed by atoms with Gasteiger partial charge in [-0.3, -0.25) is 18.9 Å². The maximum Gasteiger partial charge on any atom is 0.330 e. The van der Waals surface area contributed by atoms with E-state index in [4.69, 9.17) is 4.74 Å². The number of fused-ring (bicyclic) bond motifs is 1. The number of imidazole rings is 1. The van der Waals surface area contributed by atoms with Gasteiger partial charge >= 0.3 is 5.69 Å². The van der Waals surface area contributed by atoms with Gasteiger partial charge < -0.3 is 9.64 Å². The van der Waals surface area contributed by atoms with Crippen molar-refractivity contribution in [2.75, 3.05) is 26.8 Å². The number of hydrogen-bond donors (Lipinski definition) is 0. The number of aryl methyl sites for hydroxylation is 1. The minimum Gasteiger partial charge on any atom is -0.383 e. The second-order valence-electron chi connectivity index (χ2n) is 7.02. The van der Waals surface area contributed by atoms with Crippen molar-refractivity contribution in [1.29, 1.82) is 0 Å².